The van der Waals surface area contributed by atoms with Crippen LogP contribution >= 0.6 is 0 Å². The van der Waals surface area contributed by atoms with Crippen molar-refractivity contribution >= 4 is 5.91 Å². The highest BCUT2D eigenvalue weighted by Gasteiger charge is 2.27. The summed E-state index contributed by atoms with van der Waals surface area (Å²) >= 11 is 0. The Morgan fingerprint density at radius 1 is 1.21 bits per heavy atom. The summed E-state index contributed by atoms with van der Waals surface area (Å²) in [6, 6.07) is 12.5. The maximum absolute atomic E-state index is 11.8. The second kappa shape index (κ2) is 7.08. The number of benzene rings is 2. The van der Waals surface area contributed by atoms with Gasteiger partial charge >= 0.3 is 0 Å². The van der Waals surface area contributed by atoms with Gasteiger partial charge in [-0.25, -0.2) is 0 Å². The van der Waals surface area contributed by atoms with E-state index in [-0.39, 0.29) is 5.91 Å². The van der Waals surface area contributed by atoms with Gasteiger partial charge in [0, 0.05) is 7.05 Å². The molecule has 2 aromatic rings. The Balaban J connectivity index is 1.85. The lowest BCUT2D eigenvalue weighted by molar-refractivity contribution is -0.119. The second-order valence-electron chi connectivity index (χ2n) is 6.67. The molecule has 126 valence electrons. The molecule has 0 aromatic heterocycles. The number of likely N-dealkylation sites (N-methyl/N-ethyl adjacent to an activating group) is 1. The van der Waals surface area contributed by atoms with Crippen LogP contribution in [0.4, 0.5) is 0 Å². The minimum absolute atomic E-state index is 0.0377. The van der Waals surface area contributed by atoms with E-state index in [1.54, 1.807) is 7.05 Å². The topological polar surface area (TPSA) is 38.3 Å². The molecule has 0 saturated heterocycles. The van der Waals surface area contributed by atoms with Crippen molar-refractivity contribution in [2.45, 2.75) is 45.6 Å². The zero-order valence-electron chi connectivity index (χ0n) is 14.7. The molecule has 1 N–H and O–H groups in total. The SMILES string of the molecule is CNC(=O)Cc1cccc(C2CC2)c1COc1ccc(C)cc1C. The Hall–Kier alpha value is -2.29. The van der Waals surface area contributed by atoms with E-state index >= 15 is 0 Å². The molecule has 3 rings (SSSR count). The second-order valence-corrected chi connectivity index (χ2v) is 6.67. The third-order valence-electron chi connectivity index (χ3n) is 4.66. The van der Waals surface area contributed by atoms with Crippen LogP contribution in [0.25, 0.3) is 0 Å². The predicted molar refractivity (Wildman–Crippen MR) is 96.4 cm³/mol. The zero-order chi connectivity index (χ0) is 17.1. The molecule has 24 heavy (non-hydrogen) atoms. The first kappa shape index (κ1) is 16.6. The first-order chi connectivity index (χ1) is 11.6. The molecular weight excluding hydrogens is 298 g/mol. The molecule has 2 aromatic carbocycles. The maximum Gasteiger partial charge on any atom is 0.224 e. The average molecular weight is 323 g/mol. The van der Waals surface area contributed by atoms with Crippen molar-refractivity contribution in [2.75, 3.05) is 7.05 Å². The number of nitrogens with one attached hydrogen (secondary N) is 1. The third-order valence-corrected chi connectivity index (χ3v) is 4.66. The van der Waals surface area contributed by atoms with Crippen molar-refractivity contribution in [3.63, 3.8) is 0 Å². The van der Waals surface area contributed by atoms with Gasteiger partial charge in [0.05, 0.1) is 6.42 Å². The average Bonchev–Trinajstić information content (AvgIpc) is 3.39. The number of hydrogen-bond acceptors (Lipinski definition) is 2. The highest BCUT2D eigenvalue weighted by Crippen LogP contribution is 2.42. The summed E-state index contributed by atoms with van der Waals surface area (Å²) < 4.78 is 6.12. The van der Waals surface area contributed by atoms with Crippen molar-refractivity contribution in [3.05, 3.63) is 64.2 Å². The lowest BCUT2D eigenvalue weighted by Crippen LogP contribution is -2.21. The number of ether oxygens (including phenoxy) is 1. The van der Waals surface area contributed by atoms with Gasteiger partial charge in [-0.3, -0.25) is 4.79 Å². The smallest absolute Gasteiger partial charge is 0.224 e. The van der Waals surface area contributed by atoms with E-state index in [2.05, 4.69) is 43.4 Å². The predicted octanol–water partition coefficient (Wildman–Crippen LogP) is 4.05. The maximum atomic E-state index is 11.8. The fourth-order valence-electron chi connectivity index (χ4n) is 3.15. The molecule has 0 bridgehead atoms. The van der Waals surface area contributed by atoms with E-state index < -0.39 is 0 Å². The van der Waals surface area contributed by atoms with E-state index in [1.165, 1.54) is 29.5 Å². The van der Waals surface area contributed by atoms with Crippen LogP contribution in [0.15, 0.2) is 36.4 Å². The largest absolute Gasteiger partial charge is 0.489 e. The van der Waals surface area contributed by atoms with Crippen LogP contribution in [-0.2, 0) is 17.8 Å². The van der Waals surface area contributed by atoms with Gasteiger partial charge in [-0.1, -0.05) is 35.9 Å². The van der Waals surface area contributed by atoms with Crippen LogP contribution in [0.5, 0.6) is 5.75 Å². The quantitative estimate of drug-likeness (QED) is 0.871. The van der Waals surface area contributed by atoms with Crippen molar-refractivity contribution in [1.82, 2.24) is 5.32 Å². The highest BCUT2D eigenvalue weighted by atomic mass is 16.5. The molecule has 3 nitrogen and oxygen atoms in total. The van der Waals surface area contributed by atoms with Crippen LogP contribution in [-0.4, -0.2) is 13.0 Å². The normalized spacial score (nSPS) is 13.6. The summed E-state index contributed by atoms with van der Waals surface area (Å²) in [6.45, 7) is 4.67. The zero-order valence-corrected chi connectivity index (χ0v) is 14.7. The van der Waals surface area contributed by atoms with Crippen LogP contribution < -0.4 is 10.1 Å². The molecular formula is C21H25NO2. The molecule has 0 heterocycles. The van der Waals surface area contributed by atoms with Gasteiger partial charge in [0.15, 0.2) is 0 Å². The summed E-state index contributed by atoms with van der Waals surface area (Å²) in [5.41, 5.74) is 5.98. The van der Waals surface area contributed by atoms with E-state index in [0.717, 1.165) is 16.9 Å². The van der Waals surface area contributed by atoms with Crippen LogP contribution in [0.1, 0.15) is 46.6 Å². The first-order valence-electron chi connectivity index (χ1n) is 8.59. The molecule has 1 saturated carbocycles. The highest BCUT2D eigenvalue weighted by molar-refractivity contribution is 5.78. The van der Waals surface area contributed by atoms with Gasteiger partial charge in [-0.2, -0.15) is 0 Å². The number of aryl methyl sites for hydroxylation is 2. The summed E-state index contributed by atoms with van der Waals surface area (Å²) in [6.07, 6.45) is 2.88. The molecule has 0 spiro atoms. The number of carbonyl (C=O) groups excluding carboxylic acids is 1. The molecule has 0 aliphatic heterocycles. The van der Waals surface area contributed by atoms with Crippen LogP contribution in [0, 0.1) is 13.8 Å². The number of rotatable bonds is 6. The molecule has 0 unspecified atom stereocenters. The Bertz CT molecular complexity index is 747. The lowest BCUT2D eigenvalue weighted by atomic mass is 9.96. The monoisotopic (exact) mass is 323 g/mol. The van der Waals surface area contributed by atoms with Crippen LogP contribution in [0.2, 0.25) is 0 Å². The van der Waals surface area contributed by atoms with Crippen molar-refractivity contribution in [1.29, 1.82) is 0 Å². The third kappa shape index (κ3) is 3.78. The summed E-state index contributed by atoms with van der Waals surface area (Å²) in [5, 5.41) is 2.71. The molecule has 0 atom stereocenters. The Labute approximate surface area is 144 Å². The molecule has 1 aliphatic carbocycles. The molecule has 1 amide bonds. The number of carbonyl (C=O) groups is 1. The fraction of sp³-hybridized carbons (Fsp3) is 0.381. The van der Waals surface area contributed by atoms with Crippen molar-refractivity contribution in [2.24, 2.45) is 0 Å². The number of amides is 1. The molecule has 1 fully saturated rings. The minimum Gasteiger partial charge on any atom is -0.489 e. The van der Waals surface area contributed by atoms with Gasteiger partial charge in [0.25, 0.3) is 0 Å². The van der Waals surface area contributed by atoms with Crippen molar-refractivity contribution in [3.8, 4) is 5.75 Å². The van der Waals surface area contributed by atoms with E-state index in [1.807, 2.05) is 12.1 Å². The molecule has 3 heteroatoms. The Morgan fingerprint density at radius 3 is 2.67 bits per heavy atom. The van der Waals surface area contributed by atoms with Gasteiger partial charge in [-0.05, 0) is 60.9 Å². The summed E-state index contributed by atoms with van der Waals surface area (Å²) in [5.74, 6) is 1.58. The Morgan fingerprint density at radius 2 is 2.00 bits per heavy atom. The lowest BCUT2D eigenvalue weighted by Gasteiger charge is -2.16. The molecule has 1 aliphatic rings. The van der Waals surface area contributed by atoms with E-state index in [9.17, 15) is 4.79 Å². The standard InChI is InChI=1S/C21H25NO2/c1-14-7-10-20(15(2)11-14)24-13-19-17(12-21(23)22-3)5-4-6-18(19)16-8-9-16/h4-7,10-11,16H,8-9,12-13H2,1-3H3,(H,22,23). The minimum atomic E-state index is 0.0377. The van der Waals surface area contributed by atoms with E-state index in [0.29, 0.717) is 18.9 Å². The number of hydrogen-bond donors (Lipinski definition) is 1. The van der Waals surface area contributed by atoms with Crippen molar-refractivity contribution < 1.29 is 9.53 Å². The fourth-order valence-corrected chi connectivity index (χ4v) is 3.15. The van der Waals surface area contributed by atoms with Crippen LogP contribution in [0.3, 0.4) is 0 Å². The summed E-state index contributed by atoms with van der Waals surface area (Å²) in [4.78, 5) is 11.8. The summed E-state index contributed by atoms with van der Waals surface area (Å²) in [7, 11) is 1.68. The molecule has 0 radical (unpaired) electrons. The van der Waals surface area contributed by atoms with Gasteiger partial charge < -0.3 is 10.1 Å². The first-order valence-corrected chi connectivity index (χ1v) is 8.59. The van der Waals surface area contributed by atoms with Gasteiger partial charge in [-0.15, -0.1) is 0 Å². The van der Waals surface area contributed by atoms with Gasteiger partial charge in [0.2, 0.25) is 5.91 Å². The Kier molecular flexibility index (Phi) is 4.89. The van der Waals surface area contributed by atoms with E-state index in [4.69, 9.17) is 4.74 Å². The van der Waals surface area contributed by atoms with Gasteiger partial charge in [0.1, 0.15) is 12.4 Å².